The Labute approximate surface area is 130 Å². The normalized spacial score (nSPS) is 18.5. The van der Waals surface area contributed by atoms with Gasteiger partial charge < -0.3 is 9.64 Å². The molecule has 22 heavy (non-hydrogen) atoms. The van der Waals surface area contributed by atoms with Gasteiger partial charge in [0.15, 0.2) is 0 Å². The van der Waals surface area contributed by atoms with E-state index in [1.165, 1.54) is 0 Å². The van der Waals surface area contributed by atoms with Crippen LogP contribution < -0.4 is 0 Å². The molecule has 1 amide bonds. The van der Waals surface area contributed by atoms with Crippen molar-refractivity contribution in [3.63, 3.8) is 0 Å². The third kappa shape index (κ3) is 2.90. The second-order valence-corrected chi connectivity index (χ2v) is 5.58. The molecule has 5 nitrogen and oxygen atoms in total. The summed E-state index contributed by atoms with van der Waals surface area (Å²) in [5.41, 5.74) is 2.75. The fourth-order valence-corrected chi connectivity index (χ4v) is 2.72. The molecule has 0 bridgehead atoms. The molecule has 1 aliphatic rings. The van der Waals surface area contributed by atoms with Crippen LogP contribution in [0.5, 0.6) is 0 Å². The molecule has 116 valence electrons. The van der Waals surface area contributed by atoms with E-state index in [1.54, 1.807) is 6.20 Å². The quantitative estimate of drug-likeness (QED) is 0.874. The van der Waals surface area contributed by atoms with Crippen molar-refractivity contribution in [3.05, 3.63) is 47.8 Å². The van der Waals surface area contributed by atoms with E-state index < -0.39 is 0 Å². The molecule has 1 fully saturated rings. The van der Waals surface area contributed by atoms with Gasteiger partial charge in [-0.05, 0) is 43.7 Å². The number of amides is 1. The van der Waals surface area contributed by atoms with E-state index in [0.29, 0.717) is 25.3 Å². The second kappa shape index (κ2) is 6.32. The summed E-state index contributed by atoms with van der Waals surface area (Å²) in [6.45, 7) is 6.05. The van der Waals surface area contributed by atoms with Crippen LogP contribution in [0, 0.1) is 6.92 Å². The van der Waals surface area contributed by atoms with Crippen LogP contribution in [0.25, 0.3) is 5.69 Å². The molecule has 1 aromatic heterocycles. The van der Waals surface area contributed by atoms with Gasteiger partial charge in [0.1, 0.15) is 0 Å². The lowest BCUT2D eigenvalue weighted by atomic mass is 10.1. The summed E-state index contributed by atoms with van der Waals surface area (Å²) in [5.74, 6) is 0.0745. The summed E-state index contributed by atoms with van der Waals surface area (Å²) in [7, 11) is 0. The lowest BCUT2D eigenvalue weighted by Gasteiger charge is -2.32. The number of nitrogens with zero attached hydrogens (tertiary/aromatic N) is 3. The number of carbonyl (C=O) groups excluding carboxylic acids is 1. The lowest BCUT2D eigenvalue weighted by molar-refractivity contribution is -0.0226. The van der Waals surface area contributed by atoms with E-state index >= 15 is 0 Å². The van der Waals surface area contributed by atoms with E-state index in [0.717, 1.165) is 17.8 Å². The first-order chi connectivity index (χ1) is 10.7. The number of hydrogen-bond donors (Lipinski definition) is 0. The van der Waals surface area contributed by atoms with Crippen molar-refractivity contribution in [2.24, 2.45) is 0 Å². The van der Waals surface area contributed by atoms with Gasteiger partial charge in [-0.15, -0.1) is 0 Å². The van der Waals surface area contributed by atoms with Crippen molar-refractivity contribution in [2.45, 2.75) is 26.4 Å². The molecular formula is C17H21N3O2. The molecule has 2 heterocycles. The van der Waals surface area contributed by atoms with Gasteiger partial charge in [-0.2, -0.15) is 5.10 Å². The highest BCUT2D eigenvalue weighted by atomic mass is 16.5. The van der Waals surface area contributed by atoms with Crippen LogP contribution in [-0.4, -0.2) is 46.4 Å². The van der Waals surface area contributed by atoms with Gasteiger partial charge in [-0.1, -0.05) is 6.92 Å². The van der Waals surface area contributed by atoms with Gasteiger partial charge >= 0.3 is 0 Å². The Hall–Kier alpha value is -2.14. The Morgan fingerprint density at radius 1 is 1.32 bits per heavy atom. The summed E-state index contributed by atoms with van der Waals surface area (Å²) >= 11 is 0. The maximum absolute atomic E-state index is 12.6. The first-order valence-electron chi connectivity index (χ1n) is 7.71. The predicted molar refractivity (Wildman–Crippen MR) is 84.2 cm³/mol. The van der Waals surface area contributed by atoms with Crippen LogP contribution in [0.2, 0.25) is 0 Å². The van der Waals surface area contributed by atoms with Crippen molar-refractivity contribution in [1.82, 2.24) is 14.7 Å². The second-order valence-electron chi connectivity index (χ2n) is 5.58. The van der Waals surface area contributed by atoms with Crippen molar-refractivity contribution in [3.8, 4) is 5.69 Å². The molecule has 0 N–H and O–H groups in total. The summed E-state index contributed by atoms with van der Waals surface area (Å²) in [6, 6.07) is 9.57. The highest BCUT2D eigenvalue weighted by molar-refractivity contribution is 5.94. The minimum absolute atomic E-state index is 0.0745. The van der Waals surface area contributed by atoms with Crippen molar-refractivity contribution in [2.75, 3.05) is 19.7 Å². The van der Waals surface area contributed by atoms with E-state index in [2.05, 4.69) is 12.0 Å². The molecule has 1 aliphatic heterocycles. The number of hydrogen-bond acceptors (Lipinski definition) is 3. The molecule has 2 aromatic rings. The average Bonchev–Trinajstić information content (AvgIpc) is 3.00. The standard InChI is InChI=1S/C17H21N3O2/c1-3-16-12-19(10-11-22-16)17(21)14-4-6-15(7-5-14)20-13(2)8-9-18-20/h4-9,16H,3,10-12H2,1-2H3. The summed E-state index contributed by atoms with van der Waals surface area (Å²) in [4.78, 5) is 14.5. The minimum Gasteiger partial charge on any atom is -0.375 e. The van der Waals surface area contributed by atoms with Crippen LogP contribution in [0.3, 0.4) is 0 Å². The largest absolute Gasteiger partial charge is 0.375 e. The maximum atomic E-state index is 12.6. The molecule has 1 aromatic carbocycles. The number of morpholine rings is 1. The summed E-state index contributed by atoms with van der Waals surface area (Å²) in [6.07, 6.45) is 2.86. The van der Waals surface area contributed by atoms with Gasteiger partial charge in [0, 0.05) is 30.5 Å². The van der Waals surface area contributed by atoms with Gasteiger partial charge in [-0.3, -0.25) is 4.79 Å². The van der Waals surface area contributed by atoms with Crippen LogP contribution in [0.4, 0.5) is 0 Å². The first kappa shape index (κ1) is 14.8. The van der Waals surface area contributed by atoms with Crippen LogP contribution in [-0.2, 0) is 4.74 Å². The topological polar surface area (TPSA) is 47.4 Å². The summed E-state index contributed by atoms with van der Waals surface area (Å²) < 4.78 is 7.48. The Morgan fingerprint density at radius 3 is 2.73 bits per heavy atom. The van der Waals surface area contributed by atoms with Crippen LogP contribution in [0.15, 0.2) is 36.5 Å². The van der Waals surface area contributed by atoms with Crippen LogP contribution >= 0.6 is 0 Å². The number of aryl methyl sites for hydroxylation is 1. The van der Waals surface area contributed by atoms with E-state index in [9.17, 15) is 4.79 Å². The Bertz CT molecular complexity index is 648. The third-order valence-electron chi connectivity index (χ3n) is 4.07. The SMILES string of the molecule is CCC1CN(C(=O)c2ccc(-n3nccc3C)cc2)CCO1. The molecule has 1 atom stereocenters. The van der Waals surface area contributed by atoms with Gasteiger partial charge in [0.05, 0.1) is 18.4 Å². The van der Waals surface area contributed by atoms with Crippen LogP contribution in [0.1, 0.15) is 29.4 Å². The highest BCUT2D eigenvalue weighted by Gasteiger charge is 2.23. The molecule has 1 unspecified atom stereocenters. The highest BCUT2D eigenvalue weighted by Crippen LogP contribution is 2.15. The Morgan fingerprint density at radius 2 is 2.09 bits per heavy atom. The summed E-state index contributed by atoms with van der Waals surface area (Å²) in [5, 5.41) is 4.28. The van der Waals surface area contributed by atoms with Gasteiger partial charge in [0.25, 0.3) is 5.91 Å². The molecule has 1 saturated heterocycles. The fraction of sp³-hybridized carbons (Fsp3) is 0.412. The molecule has 0 spiro atoms. The molecular weight excluding hydrogens is 278 g/mol. The monoisotopic (exact) mass is 299 g/mol. The first-order valence-corrected chi connectivity index (χ1v) is 7.71. The van der Waals surface area contributed by atoms with E-state index in [1.807, 2.05) is 46.8 Å². The molecule has 0 aliphatic carbocycles. The fourth-order valence-electron chi connectivity index (χ4n) is 2.72. The molecule has 3 rings (SSSR count). The van der Waals surface area contributed by atoms with Crippen molar-refractivity contribution in [1.29, 1.82) is 0 Å². The third-order valence-corrected chi connectivity index (χ3v) is 4.07. The number of rotatable bonds is 3. The predicted octanol–water partition coefficient (Wildman–Crippen LogP) is 2.43. The number of ether oxygens (including phenoxy) is 1. The lowest BCUT2D eigenvalue weighted by Crippen LogP contribution is -2.45. The number of benzene rings is 1. The average molecular weight is 299 g/mol. The maximum Gasteiger partial charge on any atom is 0.254 e. The van der Waals surface area contributed by atoms with Gasteiger partial charge in [0.2, 0.25) is 0 Å². The van der Waals surface area contributed by atoms with E-state index in [4.69, 9.17) is 4.74 Å². The Balaban J connectivity index is 1.75. The molecule has 0 radical (unpaired) electrons. The number of carbonyl (C=O) groups is 1. The minimum atomic E-state index is 0.0745. The van der Waals surface area contributed by atoms with Gasteiger partial charge in [-0.25, -0.2) is 4.68 Å². The van der Waals surface area contributed by atoms with E-state index in [-0.39, 0.29) is 12.0 Å². The van der Waals surface area contributed by atoms with Crippen molar-refractivity contribution >= 4 is 5.91 Å². The molecule has 5 heteroatoms. The Kier molecular flexibility index (Phi) is 4.24. The van der Waals surface area contributed by atoms with Crippen molar-refractivity contribution < 1.29 is 9.53 Å². The number of aromatic nitrogens is 2. The zero-order chi connectivity index (χ0) is 15.5. The smallest absolute Gasteiger partial charge is 0.254 e. The molecule has 0 saturated carbocycles. The zero-order valence-electron chi connectivity index (χ0n) is 13.0. The zero-order valence-corrected chi connectivity index (χ0v) is 13.0.